The second kappa shape index (κ2) is 6.92. The Bertz CT molecular complexity index is 897. The molecule has 0 saturated carbocycles. The van der Waals surface area contributed by atoms with Crippen molar-refractivity contribution in [2.24, 2.45) is 0 Å². The maximum atomic E-state index is 12.2. The van der Waals surface area contributed by atoms with Crippen molar-refractivity contribution < 1.29 is 23.9 Å². The summed E-state index contributed by atoms with van der Waals surface area (Å²) in [6, 6.07) is 11.8. The number of aryl methyl sites for hydroxylation is 2. The van der Waals surface area contributed by atoms with Gasteiger partial charge in [-0.3, -0.25) is 24.1 Å². The van der Waals surface area contributed by atoms with Crippen molar-refractivity contribution in [3.8, 4) is 0 Å². The molecular formula is C20H17NO5. The summed E-state index contributed by atoms with van der Waals surface area (Å²) in [4.78, 5) is 49.5. The third-order valence-corrected chi connectivity index (χ3v) is 4.22. The zero-order chi connectivity index (χ0) is 18.8. The number of carbonyl (C=O) groups is 4. The summed E-state index contributed by atoms with van der Waals surface area (Å²) < 4.78 is 4.98. The Balaban J connectivity index is 1.62. The fourth-order valence-corrected chi connectivity index (χ4v) is 2.82. The molecule has 6 nitrogen and oxygen atoms in total. The van der Waals surface area contributed by atoms with E-state index in [1.165, 1.54) is 12.1 Å². The molecule has 0 fully saturated rings. The van der Waals surface area contributed by atoms with E-state index in [-0.39, 0.29) is 16.9 Å². The van der Waals surface area contributed by atoms with Crippen LogP contribution < -0.4 is 0 Å². The minimum absolute atomic E-state index is 0.261. The molecule has 0 unspecified atom stereocenters. The number of rotatable bonds is 5. The van der Waals surface area contributed by atoms with Crippen molar-refractivity contribution in [1.29, 1.82) is 0 Å². The van der Waals surface area contributed by atoms with Gasteiger partial charge in [0.2, 0.25) is 5.78 Å². The molecule has 0 saturated heterocycles. The molecule has 0 bridgehead atoms. The van der Waals surface area contributed by atoms with Gasteiger partial charge in [-0.15, -0.1) is 0 Å². The summed E-state index contributed by atoms with van der Waals surface area (Å²) in [5.74, 6) is -2.22. The average molecular weight is 351 g/mol. The number of nitrogens with zero attached hydrogens (tertiary/aromatic N) is 1. The smallest absolute Gasteiger partial charge is 0.326 e. The van der Waals surface area contributed by atoms with Crippen LogP contribution >= 0.6 is 0 Å². The van der Waals surface area contributed by atoms with Crippen LogP contribution in [0.4, 0.5) is 0 Å². The van der Waals surface area contributed by atoms with Gasteiger partial charge in [0.05, 0.1) is 11.1 Å². The highest BCUT2D eigenvalue weighted by atomic mass is 16.5. The van der Waals surface area contributed by atoms with Crippen LogP contribution in [0, 0.1) is 13.8 Å². The van der Waals surface area contributed by atoms with Gasteiger partial charge >= 0.3 is 5.97 Å². The lowest BCUT2D eigenvalue weighted by molar-refractivity contribution is -0.142. The predicted molar refractivity (Wildman–Crippen MR) is 93.0 cm³/mol. The van der Waals surface area contributed by atoms with Crippen LogP contribution in [0.3, 0.4) is 0 Å². The summed E-state index contributed by atoms with van der Waals surface area (Å²) >= 11 is 0. The van der Waals surface area contributed by atoms with E-state index in [0.29, 0.717) is 5.56 Å². The van der Waals surface area contributed by atoms with Crippen molar-refractivity contribution in [3.05, 3.63) is 70.3 Å². The number of carbonyl (C=O) groups excluding carboxylic acids is 4. The molecule has 0 aliphatic carbocycles. The summed E-state index contributed by atoms with van der Waals surface area (Å²) in [5.41, 5.74) is 2.72. The maximum absolute atomic E-state index is 12.2. The van der Waals surface area contributed by atoms with Gasteiger partial charge in [-0.1, -0.05) is 29.8 Å². The first-order chi connectivity index (χ1) is 12.4. The maximum Gasteiger partial charge on any atom is 0.326 e. The van der Waals surface area contributed by atoms with Crippen LogP contribution in [0.1, 0.15) is 42.2 Å². The lowest BCUT2D eigenvalue weighted by Crippen LogP contribution is -2.36. The fraction of sp³-hybridized carbons (Fsp3) is 0.200. The van der Waals surface area contributed by atoms with Crippen LogP contribution in [-0.4, -0.2) is 41.6 Å². The molecule has 26 heavy (non-hydrogen) atoms. The normalized spacial score (nSPS) is 12.9. The Labute approximate surface area is 150 Å². The molecule has 0 N–H and O–H groups in total. The number of fused-ring (bicyclic) bond motifs is 1. The van der Waals surface area contributed by atoms with E-state index in [0.717, 1.165) is 16.0 Å². The molecule has 2 aromatic rings. The SMILES string of the molecule is Cc1ccc(C)c(C(=O)COC(=O)CN2C(=O)c3ccccc3C2=O)c1. The van der Waals surface area contributed by atoms with Crippen molar-refractivity contribution in [2.45, 2.75) is 13.8 Å². The van der Waals surface area contributed by atoms with Gasteiger partial charge in [-0.25, -0.2) is 0 Å². The summed E-state index contributed by atoms with van der Waals surface area (Å²) in [7, 11) is 0. The lowest BCUT2D eigenvalue weighted by atomic mass is 10.0. The molecule has 2 aromatic carbocycles. The molecular weight excluding hydrogens is 334 g/mol. The summed E-state index contributed by atoms with van der Waals surface area (Å²) in [6.07, 6.45) is 0. The molecule has 0 atom stereocenters. The Morgan fingerprint density at radius 3 is 2.19 bits per heavy atom. The number of benzene rings is 2. The van der Waals surface area contributed by atoms with E-state index >= 15 is 0 Å². The van der Waals surface area contributed by atoms with E-state index in [1.807, 2.05) is 19.1 Å². The predicted octanol–water partition coefficient (Wildman–Crippen LogP) is 2.33. The number of esters is 1. The van der Waals surface area contributed by atoms with E-state index < -0.39 is 30.9 Å². The van der Waals surface area contributed by atoms with E-state index in [1.54, 1.807) is 25.1 Å². The molecule has 132 valence electrons. The van der Waals surface area contributed by atoms with E-state index in [4.69, 9.17) is 4.74 Å². The number of imide groups is 1. The highest BCUT2D eigenvalue weighted by molar-refractivity contribution is 6.22. The van der Waals surface area contributed by atoms with Crippen LogP contribution in [-0.2, 0) is 9.53 Å². The first-order valence-corrected chi connectivity index (χ1v) is 8.10. The van der Waals surface area contributed by atoms with Crippen molar-refractivity contribution in [3.63, 3.8) is 0 Å². The topological polar surface area (TPSA) is 80.8 Å². The molecule has 6 heteroatoms. The quantitative estimate of drug-likeness (QED) is 0.469. The van der Waals surface area contributed by atoms with Gasteiger partial charge in [0.1, 0.15) is 6.54 Å². The largest absolute Gasteiger partial charge is 0.456 e. The first kappa shape index (κ1) is 17.5. The van der Waals surface area contributed by atoms with E-state index in [9.17, 15) is 19.2 Å². The molecule has 0 aromatic heterocycles. The number of Topliss-reactive ketones (excluding diaryl/α,β-unsaturated/α-hetero) is 1. The van der Waals surface area contributed by atoms with Crippen molar-refractivity contribution in [1.82, 2.24) is 4.90 Å². The van der Waals surface area contributed by atoms with Gasteiger partial charge in [0, 0.05) is 5.56 Å². The van der Waals surface area contributed by atoms with E-state index in [2.05, 4.69) is 0 Å². The number of hydrogen-bond acceptors (Lipinski definition) is 5. The highest BCUT2D eigenvalue weighted by Gasteiger charge is 2.36. The molecule has 1 heterocycles. The lowest BCUT2D eigenvalue weighted by Gasteiger charge is -2.13. The average Bonchev–Trinajstić information content (AvgIpc) is 2.87. The second-order valence-corrected chi connectivity index (χ2v) is 6.14. The minimum Gasteiger partial charge on any atom is -0.456 e. The number of hydrogen-bond donors (Lipinski definition) is 0. The van der Waals surface area contributed by atoms with Crippen LogP contribution in [0.25, 0.3) is 0 Å². The zero-order valence-corrected chi connectivity index (χ0v) is 14.4. The Morgan fingerprint density at radius 2 is 1.58 bits per heavy atom. The Hall–Kier alpha value is -3.28. The molecule has 0 spiro atoms. The Kier molecular flexibility index (Phi) is 4.67. The number of ether oxygens (including phenoxy) is 1. The van der Waals surface area contributed by atoms with Gasteiger partial charge in [0.15, 0.2) is 6.61 Å². The van der Waals surface area contributed by atoms with Crippen molar-refractivity contribution >= 4 is 23.6 Å². The number of ketones is 1. The summed E-state index contributed by atoms with van der Waals surface area (Å²) in [5, 5.41) is 0. The van der Waals surface area contributed by atoms with Crippen molar-refractivity contribution in [2.75, 3.05) is 13.2 Å². The van der Waals surface area contributed by atoms with Gasteiger partial charge in [-0.05, 0) is 37.6 Å². The number of amides is 2. The van der Waals surface area contributed by atoms with Gasteiger partial charge in [0.25, 0.3) is 11.8 Å². The monoisotopic (exact) mass is 351 g/mol. The molecule has 3 rings (SSSR count). The van der Waals surface area contributed by atoms with Gasteiger partial charge in [-0.2, -0.15) is 0 Å². The molecule has 1 aliphatic rings. The highest BCUT2D eigenvalue weighted by Crippen LogP contribution is 2.22. The molecule has 0 radical (unpaired) electrons. The molecule has 1 aliphatic heterocycles. The second-order valence-electron chi connectivity index (χ2n) is 6.14. The Morgan fingerprint density at radius 1 is 0.962 bits per heavy atom. The minimum atomic E-state index is -0.807. The fourth-order valence-electron chi connectivity index (χ4n) is 2.82. The third-order valence-electron chi connectivity index (χ3n) is 4.22. The first-order valence-electron chi connectivity index (χ1n) is 8.10. The third kappa shape index (κ3) is 3.26. The standard InChI is InChI=1S/C20H17NO5/c1-12-7-8-13(2)16(9-12)17(22)11-26-18(23)10-21-19(24)14-5-3-4-6-15(14)20(21)25/h3-9H,10-11H2,1-2H3. The van der Waals surface area contributed by atoms with Gasteiger partial charge < -0.3 is 4.74 Å². The van der Waals surface area contributed by atoms with Crippen LogP contribution in [0.5, 0.6) is 0 Å². The van der Waals surface area contributed by atoms with Crippen LogP contribution in [0.15, 0.2) is 42.5 Å². The molecule has 2 amide bonds. The summed E-state index contributed by atoms with van der Waals surface area (Å²) in [6.45, 7) is 2.70. The van der Waals surface area contributed by atoms with Crippen LogP contribution in [0.2, 0.25) is 0 Å². The zero-order valence-electron chi connectivity index (χ0n) is 14.4.